The van der Waals surface area contributed by atoms with Gasteiger partial charge in [0.1, 0.15) is 0 Å². The SMILES string of the molecule is CCON(C)c1nc(Cl)nc(NC(C)C)n1. The maximum Gasteiger partial charge on any atom is 0.255 e. The third kappa shape index (κ3) is 3.79. The van der Waals surface area contributed by atoms with Crippen LogP contribution in [-0.2, 0) is 4.84 Å². The van der Waals surface area contributed by atoms with E-state index < -0.39 is 0 Å². The van der Waals surface area contributed by atoms with E-state index in [9.17, 15) is 0 Å². The fourth-order valence-corrected chi connectivity index (χ4v) is 1.21. The van der Waals surface area contributed by atoms with Gasteiger partial charge in [0.05, 0.1) is 6.61 Å². The number of rotatable bonds is 5. The average Bonchev–Trinajstić information content (AvgIpc) is 2.15. The Kier molecular flexibility index (Phi) is 4.70. The second-order valence-corrected chi connectivity index (χ2v) is 3.78. The highest BCUT2D eigenvalue weighted by molar-refractivity contribution is 6.28. The first-order valence-electron chi connectivity index (χ1n) is 5.07. The van der Waals surface area contributed by atoms with E-state index in [1.54, 1.807) is 7.05 Å². The van der Waals surface area contributed by atoms with Crippen LogP contribution >= 0.6 is 11.6 Å². The quantitative estimate of drug-likeness (QED) is 0.798. The van der Waals surface area contributed by atoms with Crippen molar-refractivity contribution in [2.24, 2.45) is 0 Å². The van der Waals surface area contributed by atoms with Crippen molar-refractivity contribution in [3.8, 4) is 0 Å². The number of nitrogens with one attached hydrogen (secondary N) is 1. The van der Waals surface area contributed by atoms with E-state index in [4.69, 9.17) is 16.4 Å². The van der Waals surface area contributed by atoms with Gasteiger partial charge in [-0.15, -0.1) is 0 Å². The van der Waals surface area contributed by atoms with Crippen molar-refractivity contribution in [2.45, 2.75) is 26.8 Å². The predicted octanol–water partition coefficient (Wildman–Crippen LogP) is 1.73. The Morgan fingerprint density at radius 2 is 2.06 bits per heavy atom. The van der Waals surface area contributed by atoms with Gasteiger partial charge in [0, 0.05) is 13.1 Å². The molecule has 1 aromatic rings. The minimum absolute atomic E-state index is 0.139. The van der Waals surface area contributed by atoms with Crippen LogP contribution in [-0.4, -0.2) is 34.6 Å². The fraction of sp³-hybridized carbons (Fsp3) is 0.667. The Bertz CT molecular complexity index is 347. The molecule has 1 aromatic heterocycles. The third-order valence-corrected chi connectivity index (χ3v) is 1.79. The van der Waals surface area contributed by atoms with Crippen LogP contribution in [0.1, 0.15) is 20.8 Å². The molecule has 1 N–H and O–H groups in total. The Morgan fingerprint density at radius 3 is 2.62 bits per heavy atom. The summed E-state index contributed by atoms with van der Waals surface area (Å²) in [6.45, 7) is 6.40. The molecule has 0 aromatic carbocycles. The summed E-state index contributed by atoms with van der Waals surface area (Å²) in [4.78, 5) is 17.3. The minimum Gasteiger partial charge on any atom is -0.352 e. The Balaban J connectivity index is 2.89. The van der Waals surface area contributed by atoms with Gasteiger partial charge in [0.25, 0.3) is 5.95 Å². The number of hydrogen-bond donors (Lipinski definition) is 1. The molecule has 0 unspecified atom stereocenters. The zero-order valence-electron chi connectivity index (χ0n) is 9.86. The van der Waals surface area contributed by atoms with Crippen LogP contribution in [0, 0.1) is 0 Å². The van der Waals surface area contributed by atoms with Gasteiger partial charge in [-0.3, -0.25) is 4.84 Å². The molecule has 0 saturated carbocycles. The van der Waals surface area contributed by atoms with Crippen molar-refractivity contribution >= 4 is 23.5 Å². The van der Waals surface area contributed by atoms with Crippen molar-refractivity contribution in [3.63, 3.8) is 0 Å². The molecule has 0 radical (unpaired) electrons. The van der Waals surface area contributed by atoms with E-state index in [1.807, 2.05) is 20.8 Å². The number of hydrogen-bond acceptors (Lipinski definition) is 6. The van der Waals surface area contributed by atoms with Gasteiger partial charge in [-0.2, -0.15) is 15.0 Å². The van der Waals surface area contributed by atoms with Crippen LogP contribution in [0.15, 0.2) is 0 Å². The molecule has 6 nitrogen and oxygen atoms in total. The second-order valence-electron chi connectivity index (χ2n) is 3.44. The van der Waals surface area contributed by atoms with Crippen LogP contribution in [0.2, 0.25) is 5.28 Å². The average molecular weight is 246 g/mol. The normalized spacial score (nSPS) is 10.6. The Labute approximate surface area is 100.0 Å². The molecule has 0 aliphatic heterocycles. The smallest absolute Gasteiger partial charge is 0.255 e. The fourth-order valence-electron chi connectivity index (χ4n) is 1.05. The van der Waals surface area contributed by atoms with Crippen LogP contribution in [0.25, 0.3) is 0 Å². The maximum atomic E-state index is 5.79. The number of hydroxylamine groups is 1. The number of aromatic nitrogens is 3. The molecule has 0 amide bonds. The molecule has 0 atom stereocenters. The summed E-state index contributed by atoms with van der Waals surface area (Å²) in [5.74, 6) is 0.821. The zero-order chi connectivity index (χ0) is 12.1. The molecule has 16 heavy (non-hydrogen) atoms. The monoisotopic (exact) mass is 245 g/mol. The molecule has 0 fully saturated rings. The van der Waals surface area contributed by atoms with Gasteiger partial charge in [0.15, 0.2) is 0 Å². The van der Waals surface area contributed by atoms with Gasteiger partial charge in [-0.1, -0.05) is 0 Å². The molecule has 1 heterocycles. The van der Waals surface area contributed by atoms with Crippen molar-refractivity contribution in [1.29, 1.82) is 0 Å². The lowest BCUT2D eigenvalue weighted by Crippen LogP contribution is -2.22. The van der Waals surface area contributed by atoms with E-state index in [-0.39, 0.29) is 11.3 Å². The molecule has 0 spiro atoms. The third-order valence-electron chi connectivity index (χ3n) is 1.62. The molecule has 0 aliphatic carbocycles. The van der Waals surface area contributed by atoms with E-state index in [1.165, 1.54) is 5.06 Å². The first-order valence-corrected chi connectivity index (χ1v) is 5.45. The topological polar surface area (TPSA) is 63.2 Å². The number of halogens is 1. The summed E-state index contributed by atoms with van der Waals surface area (Å²) < 4.78 is 0. The summed E-state index contributed by atoms with van der Waals surface area (Å²) in [6.07, 6.45) is 0. The highest BCUT2D eigenvalue weighted by atomic mass is 35.5. The largest absolute Gasteiger partial charge is 0.352 e. The van der Waals surface area contributed by atoms with Gasteiger partial charge in [-0.25, -0.2) is 5.06 Å². The molecule has 0 aliphatic rings. The number of nitrogens with zero attached hydrogens (tertiary/aromatic N) is 4. The first-order chi connectivity index (χ1) is 7.52. The standard InChI is InChI=1S/C9H16ClN5O/c1-5-16-15(4)9-13-7(10)12-8(14-9)11-6(2)3/h6H,5H2,1-4H3,(H,11,12,13,14). The maximum absolute atomic E-state index is 5.79. The highest BCUT2D eigenvalue weighted by Crippen LogP contribution is 2.13. The lowest BCUT2D eigenvalue weighted by Gasteiger charge is -2.16. The van der Waals surface area contributed by atoms with E-state index >= 15 is 0 Å². The van der Waals surface area contributed by atoms with Crippen molar-refractivity contribution in [1.82, 2.24) is 15.0 Å². The molecule has 0 bridgehead atoms. The van der Waals surface area contributed by atoms with E-state index in [0.717, 1.165) is 0 Å². The zero-order valence-corrected chi connectivity index (χ0v) is 10.6. The van der Waals surface area contributed by atoms with Gasteiger partial charge >= 0.3 is 0 Å². The highest BCUT2D eigenvalue weighted by Gasteiger charge is 2.09. The number of anilines is 2. The lowest BCUT2D eigenvalue weighted by atomic mass is 10.4. The molecular weight excluding hydrogens is 230 g/mol. The van der Waals surface area contributed by atoms with Crippen LogP contribution in [0.4, 0.5) is 11.9 Å². The van der Waals surface area contributed by atoms with Gasteiger partial charge in [0.2, 0.25) is 11.2 Å². The van der Waals surface area contributed by atoms with Crippen LogP contribution in [0.3, 0.4) is 0 Å². The summed E-state index contributed by atoms with van der Waals surface area (Å²) in [5, 5.41) is 4.65. The summed E-state index contributed by atoms with van der Waals surface area (Å²) >= 11 is 5.79. The van der Waals surface area contributed by atoms with E-state index in [2.05, 4.69) is 20.3 Å². The van der Waals surface area contributed by atoms with Crippen LogP contribution in [0.5, 0.6) is 0 Å². The molecule has 90 valence electrons. The Morgan fingerprint density at radius 1 is 1.38 bits per heavy atom. The minimum atomic E-state index is 0.139. The van der Waals surface area contributed by atoms with Crippen molar-refractivity contribution < 1.29 is 4.84 Å². The summed E-state index contributed by atoms with van der Waals surface area (Å²) in [5.41, 5.74) is 0. The van der Waals surface area contributed by atoms with Crippen LogP contribution < -0.4 is 10.4 Å². The summed E-state index contributed by atoms with van der Waals surface area (Å²) in [6, 6.07) is 0.226. The molecular formula is C9H16ClN5O. The molecule has 7 heteroatoms. The van der Waals surface area contributed by atoms with Crippen molar-refractivity contribution in [2.75, 3.05) is 24.0 Å². The van der Waals surface area contributed by atoms with Gasteiger partial charge < -0.3 is 5.32 Å². The Hall–Kier alpha value is -1.14. The van der Waals surface area contributed by atoms with E-state index in [0.29, 0.717) is 18.5 Å². The van der Waals surface area contributed by atoms with Gasteiger partial charge in [-0.05, 0) is 32.4 Å². The summed E-state index contributed by atoms with van der Waals surface area (Å²) in [7, 11) is 1.72. The molecule has 0 saturated heterocycles. The second kappa shape index (κ2) is 5.81. The lowest BCUT2D eigenvalue weighted by molar-refractivity contribution is 0.131. The predicted molar refractivity (Wildman–Crippen MR) is 63.6 cm³/mol. The first kappa shape index (κ1) is 12.9. The molecule has 1 rings (SSSR count). The van der Waals surface area contributed by atoms with Crippen molar-refractivity contribution in [3.05, 3.63) is 5.28 Å².